The lowest BCUT2D eigenvalue weighted by Crippen LogP contribution is -2.32. The van der Waals surface area contributed by atoms with Crippen LogP contribution in [0.4, 0.5) is 0 Å². The van der Waals surface area contributed by atoms with Gasteiger partial charge in [0, 0.05) is 35.8 Å². The fourth-order valence-electron chi connectivity index (χ4n) is 5.22. The zero-order valence-electron chi connectivity index (χ0n) is 19.3. The van der Waals surface area contributed by atoms with Crippen LogP contribution in [0.3, 0.4) is 0 Å². The number of hydrogen-bond acceptors (Lipinski definition) is 3. The number of likely N-dealkylation sites (tertiary alicyclic amines) is 1. The summed E-state index contributed by atoms with van der Waals surface area (Å²) >= 11 is 0. The summed E-state index contributed by atoms with van der Waals surface area (Å²) < 4.78 is 2.09. The molecule has 6 nitrogen and oxygen atoms in total. The molecule has 164 valence electrons. The van der Waals surface area contributed by atoms with Crippen LogP contribution in [0.1, 0.15) is 61.0 Å². The zero-order chi connectivity index (χ0) is 22.4. The summed E-state index contributed by atoms with van der Waals surface area (Å²) in [6.45, 7) is 18.3. The first-order chi connectivity index (χ1) is 15.5. The van der Waals surface area contributed by atoms with Gasteiger partial charge in [-0.05, 0) is 73.4 Å². The van der Waals surface area contributed by atoms with Gasteiger partial charge in [-0.2, -0.15) is 0 Å². The molecule has 6 heteroatoms. The molecule has 1 fully saturated rings. The molecular weight excluding hydrogens is 396 g/mol. The van der Waals surface area contributed by atoms with Crippen molar-refractivity contribution in [3.8, 4) is 11.3 Å². The first-order valence-electron chi connectivity index (χ1n) is 11.5. The molecule has 0 unspecified atom stereocenters. The van der Waals surface area contributed by atoms with Crippen LogP contribution in [0.5, 0.6) is 0 Å². The average molecular weight is 427 g/mol. The molecule has 4 heterocycles. The number of nitrogens with one attached hydrogen (secondary N) is 1. The predicted molar refractivity (Wildman–Crippen MR) is 129 cm³/mol. The normalized spacial score (nSPS) is 15.8. The maximum atomic E-state index is 7.11. The van der Waals surface area contributed by atoms with E-state index in [0.29, 0.717) is 18.5 Å². The van der Waals surface area contributed by atoms with E-state index in [9.17, 15) is 0 Å². The summed E-state index contributed by atoms with van der Waals surface area (Å²) in [6.07, 6.45) is 4.40. The molecule has 1 aromatic carbocycles. The highest BCUT2D eigenvalue weighted by atomic mass is 15.2. The molecule has 0 bridgehead atoms. The van der Waals surface area contributed by atoms with E-state index < -0.39 is 0 Å². The van der Waals surface area contributed by atoms with E-state index >= 15 is 0 Å². The van der Waals surface area contributed by atoms with E-state index in [4.69, 9.17) is 6.57 Å². The van der Waals surface area contributed by atoms with Crippen molar-refractivity contribution in [2.75, 3.05) is 19.8 Å². The summed E-state index contributed by atoms with van der Waals surface area (Å²) in [5.41, 5.74) is 8.40. The number of rotatable bonds is 4. The Labute approximate surface area is 189 Å². The Hall–Kier alpha value is -3.17. The Balaban J connectivity index is 1.58. The maximum absolute atomic E-state index is 7.11. The van der Waals surface area contributed by atoms with Crippen LogP contribution in [0.15, 0.2) is 30.5 Å². The third kappa shape index (κ3) is 3.47. The van der Waals surface area contributed by atoms with Gasteiger partial charge in [-0.1, -0.05) is 19.9 Å². The molecular formula is C26H30N6. The van der Waals surface area contributed by atoms with Crippen molar-refractivity contribution < 1.29 is 0 Å². The van der Waals surface area contributed by atoms with Gasteiger partial charge in [-0.15, -0.1) is 10.2 Å². The van der Waals surface area contributed by atoms with Crippen molar-refractivity contribution in [2.45, 2.75) is 52.4 Å². The number of pyridine rings is 1. The van der Waals surface area contributed by atoms with E-state index in [0.717, 1.165) is 43.0 Å². The fourth-order valence-corrected chi connectivity index (χ4v) is 5.22. The molecule has 32 heavy (non-hydrogen) atoms. The van der Waals surface area contributed by atoms with Crippen molar-refractivity contribution in [1.82, 2.24) is 24.5 Å². The number of piperidine rings is 1. The van der Waals surface area contributed by atoms with Gasteiger partial charge in [0.15, 0.2) is 5.65 Å². The SMILES string of the molecule is [C-]#[N+]CN1CCC(c2ccc3[nH]c(-c4cc(C)c5nnc(C)n5c4)c(C(C)C)c3c2)CC1. The van der Waals surface area contributed by atoms with Gasteiger partial charge in [-0.25, -0.2) is 11.5 Å². The topological polar surface area (TPSA) is 53.6 Å². The van der Waals surface area contributed by atoms with Crippen molar-refractivity contribution >= 4 is 16.6 Å². The van der Waals surface area contributed by atoms with Crippen LogP contribution in [0.2, 0.25) is 0 Å². The highest BCUT2D eigenvalue weighted by Gasteiger charge is 2.23. The first-order valence-corrected chi connectivity index (χ1v) is 11.5. The van der Waals surface area contributed by atoms with Crippen LogP contribution in [0, 0.1) is 20.4 Å². The zero-order valence-corrected chi connectivity index (χ0v) is 19.3. The molecule has 0 aliphatic carbocycles. The second-order valence-corrected chi connectivity index (χ2v) is 9.42. The number of aromatic nitrogens is 4. The molecule has 0 spiro atoms. The lowest BCUT2D eigenvalue weighted by Gasteiger charge is -2.28. The molecule has 3 aromatic heterocycles. The summed E-state index contributed by atoms with van der Waals surface area (Å²) in [7, 11) is 0. The summed E-state index contributed by atoms with van der Waals surface area (Å²) in [5, 5.41) is 9.90. The minimum Gasteiger partial charge on any atom is -0.354 e. The quantitative estimate of drug-likeness (QED) is 0.428. The Bertz CT molecular complexity index is 1330. The minimum absolute atomic E-state index is 0.396. The van der Waals surface area contributed by atoms with Gasteiger partial charge in [0.2, 0.25) is 0 Å². The van der Waals surface area contributed by atoms with Gasteiger partial charge >= 0.3 is 0 Å². The maximum Gasteiger partial charge on any atom is 0.270 e. The largest absolute Gasteiger partial charge is 0.354 e. The Morgan fingerprint density at radius 2 is 1.94 bits per heavy atom. The highest BCUT2D eigenvalue weighted by molar-refractivity contribution is 5.92. The summed E-state index contributed by atoms with van der Waals surface area (Å²) in [6, 6.07) is 9.17. The van der Waals surface area contributed by atoms with E-state index in [1.54, 1.807) is 0 Å². The highest BCUT2D eigenvalue weighted by Crippen LogP contribution is 2.38. The molecule has 0 radical (unpaired) electrons. The van der Waals surface area contributed by atoms with Crippen LogP contribution >= 0.6 is 0 Å². The second-order valence-electron chi connectivity index (χ2n) is 9.42. The van der Waals surface area contributed by atoms with Crippen LogP contribution in [0.25, 0.3) is 32.7 Å². The Morgan fingerprint density at radius 1 is 1.16 bits per heavy atom. The number of hydrogen-bond donors (Lipinski definition) is 1. The molecule has 0 saturated carbocycles. The Morgan fingerprint density at radius 3 is 2.66 bits per heavy atom. The van der Waals surface area contributed by atoms with Gasteiger partial charge in [-0.3, -0.25) is 9.25 Å². The van der Waals surface area contributed by atoms with Crippen molar-refractivity contribution in [3.63, 3.8) is 0 Å². The van der Waals surface area contributed by atoms with E-state index in [1.807, 2.05) is 6.92 Å². The standard InChI is InChI=1S/C26H30N6/c1-16(2)24-22-13-20(19-8-10-31(11-9-19)15-27-5)6-7-23(22)28-25(24)21-12-17(3)26-30-29-18(4)32(26)14-21/h6-7,12-14,16,19,28H,8-11,15H2,1-4H3. The summed E-state index contributed by atoms with van der Waals surface area (Å²) in [5.74, 6) is 1.87. The average Bonchev–Trinajstić information content (AvgIpc) is 3.35. The smallest absolute Gasteiger partial charge is 0.270 e. The number of nitrogens with zero attached hydrogens (tertiary/aromatic N) is 5. The fraction of sp³-hybridized carbons (Fsp3) is 0.423. The van der Waals surface area contributed by atoms with Gasteiger partial charge in [0.25, 0.3) is 6.67 Å². The van der Waals surface area contributed by atoms with E-state index in [1.165, 1.54) is 33.3 Å². The predicted octanol–water partition coefficient (Wildman–Crippen LogP) is 5.67. The molecule has 1 aliphatic heterocycles. The monoisotopic (exact) mass is 426 g/mol. The lowest BCUT2D eigenvalue weighted by atomic mass is 9.87. The third-order valence-corrected chi connectivity index (χ3v) is 6.92. The number of aryl methyl sites for hydroxylation is 2. The van der Waals surface area contributed by atoms with Gasteiger partial charge < -0.3 is 4.98 Å². The summed E-state index contributed by atoms with van der Waals surface area (Å²) in [4.78, 5) is 9.54. The second kappa shape index (κ2) is 8.07. The lowest BCUT2D eigenvalue weighted by molar-refractivity contribution is 0.232. The molecule has 4 aromatic rings. The van der Waals surface area contributed by atoms with Crippen LogP contribution < -0.4 is 0 Å². The number of H-pyrrole nitrogens is 1. The molecule has 1 N–H and O–H groups in total. The van der Waals surface area contributed by atoms with Crippen LogP contribution in [-0.4, -0.2) is 44.2 Å². The number of fused-ring (bicyclic) bond motifs is 2. The van der Waals surface area contributed by atoms with E-state index in [2.05, 4.69) is 80.6 Å². The Kier molecular flexibility index (Phi) is 5.22. The molecule has 1 aliphatic rings. The third-order valence-electron chi connectivity index (χ3n) is 6.92. The number of benzene rings is 1. The molecule has 5 rings (SSSR count). The van der Waals surface area contributed by atoms with E-state index in [-0.39, 0.29) is 0 Å². The van der Waals surface area contributed by atoms with Crippen LogP contribution in [-0.2, 0) is 0 Å². The number of aromatic amines is 1. The van der Waals surface area contributed by atoms with Gasteiger partial charge in [0.1, 0.15) is 5.82 Å². The molecule has 0 atom stereocenters. The minimum atomic E-state index is 0.396. The van der Waals surface area contributed by atoms with Crippen molar-refractivity contribution in [3.05, 3.63) is 64.4 Å². The first kappa shape index (κ1) is 20.7. The van der Waals surface area contributed by atoms with Gasteiger partial charge in [0.05, 0.1) is 5.69 Å². The molecule has 0 amide bonds. The van der Waals surface area contributed by atoms with Crippen molar-refractivity contribution in [1.29, 1.82) is 0 Å². The van der Waals surface area contributed by atoms with Crippen molar-refractivity contribution in [2.24, 2.45) is 0 Å². The molecule has 1 saturated heterocycles.